The average Bonchev–Trinajstić information content (AvgIpc) is 2.83. The molecule has 1 nitrogen and oxygen atoms in total. The fourth-order valence-electron chi connectivity index (χ4n) is 2.69. The van der Waals surface area contributed by atoms with Crippen LogP contribution in [0.4, 0.5) is 0 Å². The highest BCUT2D eigenvalue weighted by Gasteiger charge is 2.27. The van der Waals surface area contributed by atoms with Gasteiger partial charge in [-0.1, -0.05) is 66.7 Å². The first-order chi connectivity index (χ1) is 8.84. The van der Waals surface area contributed by atoms with E-state index in [1.807, 2.05) is 30.3 Å². The molecular weight excluding hydrogens is 220 g/mol. The van der Waals surface area contributed by atoms with E-state index in [1.165, 1.54) is 16.7 Å². The Hall–Kier alpha value is -1.86. The fraction of sp³-hybridized carbons (Fsp3) is 0.176. The van der Waals surface area contributed by atoms with E-state index in [0.29, 0.717) is 5.92 Å². The van der Waals surface area contributed by atoms with Crippen LogP contribution < -0.4 is 0 Å². The Morgan fingerprint density at radius 3 is 2.11 bits per heavy atom. The molecule has 1 N–H and O–H groups in total. The van der Waals surface area contributed by atoms with E-state index in [1.54, 1.807) is 0 Å². The Morgan fingerprint density at radius 2 is 1.44 bits per heavy atom. The highest BCUT2D eigenvalue weighted by molar-refractivity contribution is 5.74. The van der Waals surface area contributed by atoms with E-state index in [0.717, 1.165) is 6.42 Å². The van der Waals surface area contributed by atoms with Crippen molar-refractivity contribution in [3.8, 4) is 0 Å². The van der Waals surface area contributed by atoms with Crippen LogP contribution >= 0.6 is 0 Å². The second-order valence-electron chi connectivity index (χ2n) is 4.75. The van der Waals surface area contributed by atoms with E-state index in [4.69, 9.17) is 0 Å². The molecule has 0 unspecified atom stereocenters. The van der Waals surface area contributed by atoms with Crippen molar-refractivity contribution in [2.24, 2.45) is 0 Å². The van der Waals surface area contributed by atoms with E-state index in [9.17, 15) is 5.11 Å². The molecule has 0 saturated carbocycles. The van der Waals surface area contributed by atoms with Crippen molar-refractivity contribution >= 4 is 5.57 Å². The third kappa shape index (κ3) is 2.09. The summed E-state index contributed by atoms with van der Waals surface area (Å²) < 4.78 is 0. The summed E-state index contributed by atoms with van der Waals surface area (Å²) in [4.78, 5) is 0. The molecule has 0 radical (unpaired) electrons. The Morgan fingerprint density at radius 1 is 0.833 bits per heavy atom. The number of benzene rings is 2. The molecule has 1 heteroatoms. The number of allylic oxidation sites excluding steroid dienone is 1. The molecule has 0 aromatic heterocycles. The first-order valence-corrected chi connectivity index (χ1v) is 6.35. The van der Waals surface area contributed by atoms with Crippen LogP contribution in [0.2, 0.25) is 0 Å². The van der Waals surface area contributed by atoms with Gasteiger partial charge in [-0.3, -0.25) is 0 Å². The molecule has 2 aromatic rings. The number of hydrogen-bond acceptors (Lipinski definition) is 1. The van der Waals surface area contributed by atoms with Crippen LogP contribution in [0.15, 0.2) is 66.7 Å². The Balaban J connectivity index is 1.99. The van der Waals surface area contributed by atoms with Gasteiger partial charge >= 0.3 is 0 Å². The van der Waals surface area contributed by atoms with Crippen molar-refractivity contribution in [1.29, 1.82) is 0 Å². The summed E-state index contributed by atoms with van der Waals surface area (Å²) in [5.74, 6) is 0.309. The van der Waals surface area contributed by atoms with Crippen LogP contribution in [0, 0.1) is 0 Å². The van der Waals surface area contributed by atoms with E-state index in [2.05, 4.69) is 36.4 Å². The average molecular weight is 236 g/mol. The molecule has 0 spiro atoms. The summed E-state index contributed by atoms with van der Waals surface area (Å²) in [7, 11) is 0. The van der Waals surface area contributed by atoms with Gasteiger partial charge in [-0.25, -0.2) is 0 Å². The molecule has 2 aromatic carbocycles. The lowest BCUT2D eigenvalue weighted by molar-refractivity contribution is 0.218. The SMILES string of the molecule is O[C@H]1C=C(c2ccccc2)[C@H](c2ccccc2)C1. The van der Waals surface area contributed by atoms with Crippen LogP contribution in [0.1, 0.15) is 23.5 Å². The molecule has 2 atom stereocenters. The fourth-order valence-corrected chi connectivity index (χ4v) is 2.69. The van der Waals surface area contributed by atoms with Crippen molar-refractivity contribution < 1.29 is 5.11 Å². The zero-order chi connectivity index (χ0) is 12.4. The van der Waals surface area contributed by atoms with Gasteiger partial charge in [-0.15, -0.1) is 0 Å². The van der Waals surface area contributed by atoms with Gasteiger partial charge < -0.3 is 5.11 Å². The van der Waals surface area contributed by atoms with E-state index < -0.39 is 0 Å². The van der Waals surface area contributed by atoms with Crippen molar-refractivity contribution in [2.75, 3.05) is 0 Å². The van der Waals surface area contributed by atoms with Crippen molar-refractivity contribution in [2.45, 2.75) is 18.4 Å². The Kier molecular flexibility index (Phi) is 2.99. The topological polar surface area (TPSA) is 20.2 Å². The maximum atomic E-state index is 9.92. The van der Waals surface area contributed by atoms with E-state index in [-0.39, 0.29) is 6.10 Å². The van der Waals surface area contributed by atoms with E-state index >= 15 is 0 Å². The lowest BCUT2D eigenvalue weighted by Gasteiger charge is -2.15. The van der Waals surface area contributed by atoms with Gasteiger partial charge in [0.1, 0.15) is 0 Å². The van der Waals surface area contributed by atoms with Crippen molar-refractivity contribution in [3.05, 3.63) is 77.9 Å². The maximum absolute atomic E-state index is 9.92. The third-order valence-corrected chi connectivity index (χ3v) is 3.53. The standard InChI is InChI=1S/C17H16O/c18-15-11-16(13-7-3-1-4-8-13)17(12-15)14-9-5-2-6-10-14/h1-11,15,17-18H,12H2/t15-,17-/m0/s1. The highest BCUT2D eigenvalue weighted by Crippen LogP contribution is 2.40. The molecule has 3 rings (SSSR count). The number of aliphatic hydroxyl groups is 1. The summed E-state index contributed by atoms with van der Waals surface area (Å²) in [6, 6.07) is 20.8. The summed E-state index contributed by atoms with van der Waals surface area (Å²) in [6.45, 7) is 0. The Labute approximate surface area is 107 Å². The number of rotatable bonds is 2. The van der Waals surface area contributed by atoms with Crippen LogP contribution in [0.25, 0.3) is 5.57 Å². The maximum Gasteiger partial charge on any atom is 0.0736 e. The third-order valence-electron chi connectivity index (χ3n) is 3.53. The van der Waals surface area contributed by atoms with Gasteiger partial charge in [-0.2, -0.15) is 0 Å². The summed E-state index contributed by atoms with van der Waals surface area (Å²) >= 11 is 0. The first-order valence-electron chi connectivity index (χ1n) is 6.35. The quantitative estimate of drug-likeness (QED) is 0.844. The monoisotopic (exact) mass is 236 g/mol. The van der Waals surface area contributed by atoms with Crippen LogP contribution in [0.3, 0.4) is 0 Å². The second-order valence-corrected chi connectivity index (χ2v) is 4.75. The largest absolute Gasteiger partial charge is 0.389 e. The number of aliphatic hydroxyl groups excluding tert-OH is 1. The normalized spacial score (nSPS) is 22.8. The molecule has 18 heavy (non-hydrogen) atoms. The minimum atomic E-state index is -0.328. The number of hydrogen-bond donors (Lipinski definition) is 1. The molecule has 0 saturated heterocycles. The minimum absolute atomic E-state index is 0.309. The second kappa shape index (κ2) is 4.79. The molecule has 0 fully saturated rings. The lowest BCUT2D eigenvalue weighted by Crippen LogP contribution is -2.02. The molecule has 0 bridgehead atoms. The van der Waals surface area contributed by atoms with Gasteiger partial charge in [0.05, 0.1) is 6.10 Å². The molecule has 0 amide bonds. The van der Waals surface area contributed by atoms with Gasteiger partial charge in [-0.05, 0) is 23.1 Å². The van der Waals surface area contributed by atoms with Gasteiger partial charge in [0.25, 0.3) is 0 Å². The summed E-state index contributed by atoms with van der Waals surface area (Å²) in [5, 5.41) is 9.92. The summed E-state index contributed by atoms with van der Waals surface area (Å²) in [5.41, 5.74) is 3.74. The molecule has 1 aliphatic carbocycles. The van der Waals surface area contributed by atoms with Crippen LogP contribution in [-0.2, 0) is 0 Å². The molecule has 1 aliphatic rings. The lowest BCUT2D eigenvalue weighted by atomic mass is 9.88. The van der Waals surface area contributed by atoms with Crippen molar-refractivity contribution in [1.82, 2.24) is 0 Å². The molecule has 0 aliphatic heterocycles. The van der Waals surface area contributed by atoms with Crippen molar-refractivity contribution in [3.63, 3.8) is 0 Å². The predicted octanol–water partition coefficient (Wildman–Crippen LogP) is 3.62. The highest BCUT2D eigenvalue weighted by atomic mass is 16.3. The molecule has 0 heterocycles. The smallest absolute Gasteiger partial charge is 0.0736 e. The zero-order valence-corrected chi connectivity index (χ0v) is 10.2. The molecule has 90 valence electrons. The zero-order valence-electron chi connectivity index (χ0n) is 10.2. The molecular formula is C17H16O. The first kappa shape index (κ1) is 11.2. The predicted molar refractivity (Wildman–Crippen MR) is 74.2 cm³/mol. The van der Waals surface area contributed by atoms with Crippen LogP contribution in [-0.4, -0.2) is 11.2 Å². The summed E-state index contributed by atoms with van der Waals surface area (Å²) in [6.07, 6.45) is 2.45. The van der Waals surface area contributed by atoms with Crippen LogP contribution in [0.5, 0.6) is 0 Å². The van der Waals surface area contributed by atoms with Gasteiger partial charge in [0, 0.05) is 5.92 Å². The van der Waals surface area contributed by atoms with Gasteiger partial charge in [0.2, 0.25) is 0 Å². The minimum Gasteiger partial charge on any atom is -0.389 e. The Bertz CT molecular complexity index is 542. The van der Waals surface area contributed by atoms with Gasteiger partial charge in [0.15, 0.2) is 0 Å².